The molecular weight excluding hydrogens is 579 g/mol. The van der Waals surface area contributed by atoms with Crippen molar-refractivity contribution in [1.82, 2.24) is 4.57 Å². The van der Waals surface area contributed by atoms with Crippen molar-refractivity contribution in [3.63, 3.8) is 0 Å². The number of halogens is 2. The lowest BCUT2D eigenvalue weighted by atomic mass is 9.96. The number of allylic oxidation sites excluding steroid dienone is 1. The van der Waals surface area contributed by atoms with Crippen molar-refractivity contribution in [2.75, 3.05) is 6.61 Å². The summed E-state index contributed by atoms with van der Waals surface area (Å²) in [4.78, 5) is 32.0. The number of aromatic nitrogens is 1. The van der Waals surface area contributed by atoms with Gasteiger partial charge in [-0.15, -0.1) is 0 Å². The van der Waals surface area contributed by atoms with Gasteiger partial charge in [0.1, 0.15) is 12.4 Å². The molecule has 0 bridgehead atoms. The summed E-state index contributed by atoms with van der Waals surface area (Å²) in [5.41, 5.74) is 5.16. The second-order valence-corrected chi connectivity index (χ2v) is 11.6. The fourth-order valence-corrected chi connectivity index (χ4v) is 6.34. The number of fused-ring (bicyclic) bond motifs is 1. The lowest BCUT2D eigenvalue weighted by Gasteiger charge is -2.24. The fraction of sp³-hybridized carbons (Fsp3) is 0.219. The number of aryl methyl sites for hydroxylation is 2. The van der Waals surface area contributed by atoms with Crippen molar-refractivity contribution in [2.24, 2.45) is 4.99 Å². The topological polar surface area (TPSA) is 69.9 Å². The summed E-state index contributed by atoms with van der Waals surface area (Å²) in [6.07, 6.45) is 1.86. The molecule has 1 aliphatic heterocycles. The Morgan fingerprint density at radius 3 is 2.39 bits per heavy atom. The minimum atomic E-state index is -0.630. The Morgan fingerprint density at radius 1 is 1.02 bits per heavy atom. The lowest BCUT2D eigenvalue weighted by Crippen LogP contribution is -2.39. The van der Waals surface area contributed by atoms with Crippen LogP contribution in [0.2, 0.25) is 10.0 Å². The third kappa shape index (κ3) is 5.89. The van der Waals surface area contributed by atoms with Crippen molar-refractivity contribution in [1.29, 1.82) is 0 Å². The molecule has 0 aliphatic carbocycles. The zero-order valence-corrected chi connectivity index (χ0v) is 25.4. The Bertz CT molecular complexity index is 1840. The van der Waals surface area contributed by atoms with Gasteiger partial charge in [0, 0.05) is 0 Å². The Labute approximate surface area is 251 Å². The zero-order chi connectivity index (χ0) is 29.3. The number of thiazole rings is 1. The molecular formula is C32H28Cl2N2O4S. The Hall–Kier alpha value is -3.65. The average molecular weight is 608 g/mol. The molecule has 4 aromatic rings. The van der Waals surface area contributed by atoms with Crippen molar-refractivity contribution >= 4 is 46.6 Å². The first-order valence-electron chi connectivity index (χ1n) is 13.1. The summed E-state index contributed by atoms with van der Waals surface area (Å²) >= 11 is 13.5. The molecule has 2 heterocycles. The van der Waals surface area contributed by atoms with Crippen LogP contribution in [-0.2, 0) is 16.1 Å². The second kappa shape index (κ2) is 12.1. The van der Waals surface area contributed by atoms with Crippen molar-refractivity contribution in [3.8, 4) is 5.75 Å². The van der Waals surface area contributed by atoms with Gasteiger partial charge in [-0.25, -0.2) is 9.79 Å². The molecule has 0 saturated carbocycles. The highest BCUT2D eigenvalue weighted by atomic mass is 35.5. The summed E-state index contributed by atoms with van der Waals surface area (Å²) in [7, 11) is 0. The molecule has 0 N–H and O–H groups in total. The predicted octanol–water partition coefficient (Wildman–Crippen LogP) is 6.30. The third-order valence-corrected chi connectivity index (χ3v) is 8.50. The molecule has 41 heavy (non-hydrogen) atoms. The Morgan fingerprint density at radius 2 is 1.73 bits per heavy atom. The highest BCUT2D eigenvalue weighted by molar-refractivity contribution is 7.07. The van der Waals surface area contributed by atoms with E-state index in [0.29, 0.717) is 37.3 Å². The molecule has 210 valence electrons. The predicted molar refractivity (Wildman–Crippen MR) is 164 cm³/mol. The SMILES string of the molecule is CCOC(=O)C1=C(C)N=c2s/c(=C\c3cc(C)c(OCc4ccc(Cl)c(Cl)c4)c(C)c3)c(=O)n2[C@@H]1c1ccccc1. The number of nitrogens with zero attached hydrogens (tertiary/aromatic N) is 2. The highest BCUT2D eigenvalue weighted by Gasteiger charge is 2.33. The number of carbonyl (C=O) groups is 1. The van der Waals surface area contributed by atoms with Gasteiger partial charge in [-0.05, 0) is 85.9 Å². The molecule has 0 unspecified atom stereocenters. The van der Waals surface area contributed by atoms with Gasteiger partial charge in [-0.2, -0.15) is 0 Å². The van der Waals surface area contributed by atoms with Crippen molar-refractivity contribution in [3.05, 3.63) is 129 Å². The molecule has 0 fully saturated rings. The normalized spacial score (nSPS) is 15.0. The van der Waals surface area contributed by atoms with Gasteiger partial charge in [0.2, 0.25) is 0 Å². The molecule has 5 rings (SSSR count). The Kier molecular flexibility index (Phi) is 8.50. The van der Waals surface area contributed by atoms with Gasteiger partial charge >= 0.3 is 5.97 Å². The number of ether oxygens (including phenoxy) is 2. The van der Waals surface area contributed by atoms with Gasteiger partial charge in [0.25, 0.3) is 5.56 Å². The summed E-state index contributed by atoms with van der Waals surface area (Å²) in [6.45, 7) is 8.06. The van der Waals surface area contributed by atoms with Crippen molar-refractivity contribution in [2.45, 2.75) is 40.3 Å². The van der Waals surface area contributed by atoms with E-state index in [-0.39, 0.29) is 12.2 Å². The molecule has 1 aromatic heterocycles. The Balaban J connectivity index is 1.53. The average Bonchev–Trinajstić information content (AvgIpc) is 3.23. The molecule has 6 nitrogen and oxygen atoms in total. The van der Waals surface area contributed by atoms with Crippen LogP contribution in [0.5, 0.6) is 5.75 Å². The lowest BCUT2D eigenvalue weighted by molar-refractivity contribution is -0.139. The summed E-state index contributed by atoms with van der Waals surface area (Å²) in [5, 5.41) is 0.983. The molecule has 9 heteroatoms. The van der Waals surface area contributed by atoms with Gasteiger partial charge < -0.3 is 9.47 Å². The molecule has 0 saturated heterocycles. The number of carbonyl (C=O) groups excluding carboxylic acids is 1. The fourth-order valence-electron chi connectivity index (χ4n) is 4.97. The van der Waals surface area contributed by atoms with Gasteiger partial charge in [0.05, 0.1) is 38.5 Å². The second-order valence-electron chi connectivity index (χ2n) is 9.73. The molecule has 0 spiro atoms. The standard InChI is InChI=1S/C32H28Cl2N2O4S/c1-5-39-31(38)27-20(4)35-32-36(28(27)23-9-7-6-8-10-23)30(37)26(41-32)16-22-13-18(2)29(19(3)14-22)40-17-21-11-12-24(33)25(34)15-21/h6-16,28H,5,17H2,1-4H3/b26-16-/t28-/m1/s1. The summed E-state index contributed by atoms with van der Waals surface area (Å²) in [6, 6.07) is 18.3. The van der Waals surface area contributed by atoms with Crippen LogP contribution in [0.15, 0.2) is 81.7 Å². The van der Waals surface area contributed by atoms with E-state index in [2.05, 4.69) is 4.99 Å². The van der Waals surface area contributed by atoms with E-state index in [9.17, 15) is 9.59 Å². The number of rotatable bonds is 7. The van der Waals surface area contributed by atoms with Crippen molar-refractivity contribution < 1.29 is 14.3 Å². The van der Waals surface area contributed by atoms with E-state index in [1.807, 2.05) is 68.5 Å². The molecule has 3 aromatic carbocycles. The monoisotopic (exact) mass is 606 g/mol. The smallest absolute Gasteiger partial charge is 0.338 e. The summed E-state index contributed by atoms with van der Waals surface area (Å²) in [5.74, 6) is 0.299. The van der Waals surface area contributed by atoms with E-state index in [1.54, 1.807) is 30.5 Å². The van der Waals surface area contributed by atoms with Crippen LogP contribution in [-0.4, -0.2) is 17.1 Å². The molecule has 1 atom stereocenters. The van der Waals surface area contributed by atoms with Gasteiger partial charge in [0.15, 0.2) is 4.80 Å². The third-order valence-electron chi connectivity index (χ3n) is 6.78. The first-order chi connectivity index (χ1) is 19.7. The van der Waals surface area contributed by atoms with Crippen LogP contribution in [0.1, 0.15) is 47.7 Å². The maximum Gasteiger partial charge on any atom is 0.338 e. The van der Waals surface area contributed by atoms with Gasteiger partial charge in [-0.3, -0.25) is 9.36 Å². The summed E-state index contributed by atoms with van der Waals surface area (Å²) < 4.78 is 13.6. The number of hydrogen-bond acceptors (Lipinski definition) is 6. The van der Waals surface area contributed by atoms with Crippen LogP contribution in [0.25, 0.3) is 6.08 Å². The van der Waals surface area contributed by atoms with E-state index < -0.39 is 12.0 Å². The molecule has 0 radical (unpaired) electrons. The number of hydrogen-bond donors (Lipinski definition) is 0. The minimum Gasteiger partial charge on any atom is -0.488 e. The quantitative estimate of drug-likeness (QED) is 0.231. The number of benzene rings is 3. The van der Waals surface area contributed by atoms with E-state index in [1.165, 1.54) is 11.3 Å². The first-order valence-corrected chi connectivity index (χ1v) is 14.7. The molecule has 1 aliphatic rings. The molecule has 0 amide bonds. The van der Waals surface area contributed by atoms with Crippen LogP contribution in [0.4, 0.5) is 0 Å². The van der Waals surface area contributed by atoms with Crippen LogP contribution >= 0.6 is 34.5 Å². The van der Waals surface area contributed by atoms with E-state index >= 15 is 0 Å². The van der Waals surface area contributed by atoms with E-state index in [0.717, 1.165) is 33.6 Å². The largest absolute Gasteiger partial charge is 0.488 e. The maximum absolute atomic E-state index is 13.8. The van der Waals surface area contributed by atoms with E-state index in [4.69, 9.17) is 32.7 Å². The highest BCUT2D eigenvalue weighted by Crippen LogP contribution is 2.31. The van der Waals surface area contributed by atoms with Gasteiger partial charge in [-0.1, -0.05) is 70.9 Å². The first kappa shape index (κ1) is 28.9. The van der Waals surface area contributed by atoms with Crippen LogP contribution in [0, 0.1) is 13.8 Å². The minimum absolute atomic E-state index is 0.216. The zero-order valence-electron chi connectivity index (χ0n) is 23.0. The van der Waals surface area contributed by atoms with Crippen LogP contribution < -0.4 is 19.6 Å². The number of esters is 1. The van der Waals surface area contributed by atoms with Crippen LogP contribution in [0.3, 0.4) is 0 Å². The maximum atomic E-state index is 13.8.